The van der Waals surface area contributed by atoms with Gasteiger partial charge in [-0.2, -0.15) is 0 Å². The molecule has 0 radical (unpaired) electrons. The van der Waals surface area contributed by atoms with Gasteiger partial charge >= 0.3 is 0 Å². The molecule has 0 aliphatic heterocycles. The Morgan fingerprint density at radius 1 is 1.21 bits per heavy atom. The lowest BCUT2D eigenvalue weighted by molar-refractivity contribution is 0.921. The summed E-state index contributed by atoms with van der Waals surface area (Å²) in [6.45, 7) is 8.06. The second kappa shape index (κ2) is 8.38. The van der Waals surface area contributed by atoms with Crippen molar-refractivity contribution in [2.24, 2.45) is 0 Å². The quantitative estimate of drug-likeness (QED) is 0.614. The first-order valence-corrected chi connectivity index (χ1v) is 5.38. The van der Waals surface area contributed by atoms with Gasteiger partial charge in [0.2, 0.25) is 0 Å². The average molecular weight is 188 g/mol. The Kier molecular flexibility index (Phi) is 7.65. The van der Waals surface area contributed by atoms with Crippen LogP contribution in [0.5, 0.6) is 0 Å². The molecule has 0 N–H and O–H groups in total. The highest BCUT2D eigenvalue weighted by Gasteiger charge is 1.91. The van der Waals surface area contributed by atoms with E-state index in [1.807, 2.05) is 20.8 Å². The molecule has 0 heterocycles. The second-order valence-electron chi connectivity index (χ2n) is 2.83. The molecule has 0 spiro atoms. The van der Waals surface area contributed by atoms with Gasteiger partial charge in [-0.05, 0) is 31.0 Å². The standard InChI is InChI=1S/C12H14.C2H6/c1-3-6-11-8-5-9-12(10-11)7-4-2;1-2/h5,8-10H,3,6H2,1-2H3;1-2H3. The molecule has 0 aromatic heterocycles. The molecule has 0 unspecified atom stereocenters. The van der Waals surface area contributed by atoms with Crippen molar-refractivity contribution in [3.63, 3.8) is 0 Å². The molecule has 0 saturated carbocycles. The Morgan fingerprint density at radius 2 is 1.93 bits per heavy atom. The maximum absolute atomic E-state index is 3.06. The summed E-state index contributed by atoms with van der Waals surface area (Å²) in [5, 5.41) is 0. The molecule has 0 nitrogen and oxygen atoms in total. The summed E-state index contributed by atoms with van der Waals surface area (Å²) >= 11 is 0. The zero-order valence-corrected chi connectivity index (χ0v) is 9.72. The van der Waals surface area contributed by atoms with Crippen molar-refractivity contribution >= 4 is 0 Å². The van der Waals surface area contributed by atoms with Crippen molar-refractivity contribution in [2.45, 2.75) is 40.5 Å². The van der Waals surface area contributed by atoms with Crippen molar-refractivity contribution < 1.29 is 0 Å². The van der Waals surface area contributed by atoms with Gasteiger partial charge in [0, 0.05) is 5.56 Å². The zero-order valence-electron chi connectivity index (χ0n) is 9.72. The molecular weight excluding hydrogens is 168 g/mol. The lowest BCUT2D eigenvalue weighted by Gasteiger charge is -1.97. The van der Waals surface area contributed by atoms with Crippen molar-refractivity contribution in [1.82, 2.24) is 0 Å². The predicted octanol–water partition coefficient (Wildman–Crippen LogP) is 4.04. The molecule has 0 bridgehead atoms. The van der Waals surface area contributed by atoms with Gasteiger partial charge in [0.15, 0.2) is 0 Å². The lowest BCUT2D eigenvalue weighted by Crippen LogP contribution is -1.83. The first-order valence-electron chi connectivity index (χ1n) is 5.38. The van der Waals surface area contributed by atoms with Crippen LogP contribution in [0.4, 0.5) is 0 Å². The Bertz CT molecular complexity index is 299. The van der Waals surface area contributed by atoms with E-state index in [2.05, 4.69) is 43.0 Å². The van der Waals surface area contributed by atoms with Gasteiger partial charge in [0.1, 0.15) is 0 Å². The summed E-state index contributed by atoms with van der Waals surface area (Å²) in [5.41, 5.74) is 2.52. The summed E-state index contributed by atoms with van der Waals surface area (Å²) in [7, 11) is 0. The fourth-order valence-corrected chi connectivity index (χ4v) is 1.24. The normalized spacial score (nSPS) is 8.00. The Balaban J connectivity index is 0.000000791. The van der Waals surface area contributed by atoms with Crippen LogP contribution >= 0.6 is 0 Å². The zero-order chi connectivity index (χ0) is 10.8. The number of hydrogen-bond acceptors (Lipinski definition) is 0. The van der Waals surface area contributed by atoms with Gasteiger partial charge in [-0.3, -0.25) is 0 Å². The number of benzene rings is 1. The summed E-state index contributed by atoms with van der Waals surface area (Å²) < 4.78 is 0. The van der Waals surface area contributed by atoms with E-state index < -0.39 is 0 Å². The predicted molar refractivity (Wildman–Crippen MR) is 64.3 cm³/mol. The van der Waals surface area contributed by atoms with E-state index in [-0.39, 0.29) is 0 Å². The monoisotopic (exact) mass is 188 g/mol. The van der Waals surface area contributed by atoms with Crippen LogP contribution < -0.4 is 0 Å². The number of aryl methyl sites for hydroxylation is 1. The molecule has 0 aliphatic rings. The molecule has 0 fully saturated rings. The van der Waals surface area contributed by atoms with Crippen LogP contribution in [0.3, 0.4) is 0 Å². The highest BCUT2D eigenvalue weighted by molar-refractivity contribution is 5.36. The first kappa shape index (κ1) is 12.8. The van der Waals surface area contributed by atoms with Gasteiger partial charge in [0.25, 0.3) is 0 Å². The maximum Gasteiger partial charge on any atom is 0.0247 e. The molecule has 0 amide bonds. The van der Waals surface area contributed by atoms with E-state index in [4.69, 9.17) is 0 Å². The van der Waals surface area contributed by atoms with Crippen molar-refractivity contribution in [3.05, 3.63) is 35.4 Å². The topological polar surface area (TPSA) is 0 Å². The summed E-state index contributed by atoms with van der Waals surface area (Å²) in [6.07, 6.45) is 2.35. The maximum atomic E-state index is 3.06. The minimum Gasteiger partial charge on any atom is -0.101 e. The van der Waals surface area contributed by atoms with Crippen LogP contribution in [-0.4, -0.2) is 0 Å². The van der Waals surface area contributed by atoms with Crippen molar-refractivity contribution in [1.29, 1.82) is 0 Å². The van der Waals surface area contributed by atoms with Crippen LogP contribution in [0.15, 0.2) is 24.3 Å². The van der Waals surface area contributed by atoms with Crippen LogP contribution in [0, 0.1) is 11.8 Å². The van der Waals surface area contributed by atoms with Crippen molar-refractivity contribution in [3.8, 4) is 11.8 Å². The van der Waals surface area contributed by atoms with Gasteiger partial charge in [0.05, 0.1) is 0 Å². The molecule has 0 saturated heterocycles. The van der Waals surface area contributed by atoms with Gasteiger partial charge in [-0.15, -0.1) is 5.92 Å². The minimum absolute atomic E-state index is 1.13. The SMILES string of the molecule is CC.CC#Cc1cccc(CCC)c1. The van der Waals surface area contributed by atoms with Crippen molar-refractivity contribution in [2.75, 3.05) is 0 Å². The molecule has 1 aromatic rings. The molecule has 76 valence electrons. The Hall–Kier alpha value is -1.22. The van der Waals surface area contributed by atoms with E-state index in [1.165, 1.54) is 12.0 Å². The second-order valence-corrected chi connectivity index (χ2v) is 2.83. The highest BCUT2D eigenvalue weighted by atomic mass is 14.0. The summed E-state index contributed by atoms with van der Waals surface area (Å²) in [6, 6.07) is 8.45. The first-order chi connectivity index (χ1) is 6.86. The van der Waals surface area contributed by atoms with Gasteiger partial charge in [-0.25, -0.2) is 0 Å². The molecular formula is C14H20. The number of rotatable bonds is 2. The lowest BCUT2D eigenvalue weighted by atomic mass is 10.1. The molecule has 0 aliphatic carbocycles. The molecule has 0 heteroatoms. The van der Waals surface area contributed by atoms with E-state index in [1.54, 1.807) is 0 Å². The largest absolute Gasteiger partial charge is 0.101 e. The van der Waals surface area contributed by atoms with E-state index >= 15 is 0 Å². The van der Waals surface area contributed by atoms with Crippen LogP contribution in [0.25, 0.3) is 0 Å². The van der Waals surface area contributed by atoms with Crippen LogP contribution in [0.1, 0.15) is 45.2 Å². The Morgan fingerprint density at radius 3 is 2.50 bits per heavy atom. The Labute approximate surface area is 88.4 Å². The average Bonchev–Trinajstić information content (AvgIpc) is 2.22. The number of hydrogen-bond donors (Lipinski definition) is 0. The van der Waals surface area contributed by atoms with Crippen LogP contribution in [0.2, 0.25) is 0 Å². The fourth-order valence-electron chi connectivity index (χ4n) is 1.24. The fraction of sp³-hybridized carbons (Fsp3) is 0.429. The van der Waals surface area contributed by atoms with E-state index in [9.17, 15) is 0 Å². The van der Waals surface area contributed by atoms with E-state index in [0.29, 0.717) is 0 Å². The molecule has 0 atom stereocenters. The third kappa shape index (κ3) is 4.72. The third-order valence-electron chi connectivity index (χ3n) is 1.73. The summed E-state index contributed by atoms with van der Waals surface area (Å²) in [4.78, 5) is 0. The smallest absolute Gasteiger partial charge is 0.0247 e. The van der Waals surface area contributed by atoms with E-state index in [0.717, 1.165) is 12.0 Å². The third-order valence-corrected chi connectivity index (χ3v) is 1.73. The van der Waals surface area contributed by atoms with Gasteiger partial charge in [-0.1, -0.05) is 45.2 Å². The minimum atomic E-state index is 1.13. The highest BCUT2D eigenvalue weighted by Crippen LogP contribution is 2.06. The summed E-state index contributed by atoms with van der Waals surface area (Å²) in [5.74, 6) is 5.96. The molecule has 1 rings (SSSR count). The molecule has 1 aromatic carbocycles. The van der Waals surface area contributed by atoms with Gasteiger partial charge < -0.3 is 0 Å². The molecule has 14 heavy (non-hydrogen) atoms. The van der Waals surface area contributed by atoms with Crippen LogP contribution in [-0.2, 0) is 6.42 Å².